The van der Waals surface area contributed by atoms with Gasteiger partial charge in [0.25, 0.3) is 0 Å². The van der Waals surface area contributed by atoms with E-state index in [0.717, 1.165) is 10.0 Å². The normalized spacial score (nSPS) is 10.4. The molecule has 16 heavy (non-hydrogen) atoms. The van der Waals surface area contributed by atoms with Crippen LogP contribution in [0.3, 0.4) is 0 Å². The number of imidazole rings is 1. The van der Waals surface area contributed by atoms with Gasteiger partial charge >= 0.3 is 5.82 Å². The molecule has 7 heteroatoms. The third-order valence-electron chi connectivity index (χ3n) is 2.06. The van der Waals surface area contributed by atoms with E-state index in [1.807, 2.05) is 13.0 Å². The zero-order valence-corrected chi connectivity index (χ0v) is 9.88. The van der Waals surface area contributed by atoms with Gasteiger partial charge in [0.2, 0.25) is 6.33 Å². The summed E-state index contributed by atoms with van der Waals surface area (Å²) in [5, 5.41) is 10.5. The van der Waals surface area contributed by atoms with Gasteiger partial charge in [-0.1, -0.05) is 0 Å². The standard InChI is InChI=1S/C9H7BrN4O2/c1-6-2-3-11-9(8(6)10)13-4-7(12-5-13)14(15)16/h2-5H,1H3. The first-order valence-electron chi connectivity index (χ1n) is 4.39. The molecule has 0 aromatic carbocycles. The van der Waals surface area contributed by atoms with Crippen LogP contribution in [0.5, 0.6) is 0 Å². The van der Waals surface area contributed by atoms with Crippen molar-refractivity contribution in [2.24, 2.45) is 0 Å². The van der Waals surface area contributed by atoms with Crippen LogP contribution < -0.4 is 0 Å². The van der Waals surface area contributed by atoms with Gasteiger partial charge in [-0.15, -0.1) is 0 Å². The number of nitrogens with zero attached hydrogens (tertiary/aromatic N) is 4. The third-order valence-corrected chi connectivity index (χ3v) is 3.04. The van der Waals surface area contributed by atoms with Crippen molar-refractivity contribution < 1.29 is 4.92 Å². The highest BCUT2D eigenvalue weighted by atomic mass is 79.9. The first kappa shape index (κ1) is 10.7. The monoisotopic (exact) mass is 282 g/mol. The lowest BCUT2D eigenvalue weighted by Crippen LogP contribution is -1.96. The molecule has 2 heterocycles. The summed E-state index contributed by atoms with van der Waals surface area (Å²) in [5.74, 6) is 0.385. The Bertz CT molecular complexity index is 552. The summed E-state index contributed by atoms with van der Waals surface area (Å²) in [6.45, 7) is 1.92. The summed E-state index contributed by atoms with van der Waals surface area (Å²) in [4.78, 5) is 17.8. The zero-order valence-electron chi connectivity index (χ0n) is 8.29. The Morgan fingerprint density at radius 2 is 2.25 bits per heavy atom. The van der Waals surface area contributed by atoms with Crippen LogP contribution in [-0.2, 0) is 0 Å². The molecule has 0 aliphatic heterocycles. The topological polar surface area (TPSA) is 73.8 Å². The molecule has 2 aromatic heterocycles. The van der Waals surface area contributed by atoms with Gasteiger partial charge in [0.1, 0.15) is 6.20 Å². The number of pyridine rings is 1. The van der Waals surface area contributed by atoms with Crippen LogP contribution in [0.25, 0.3) is 5.82 Å². The molecule has 0 unspecified atom stereocenters. The fraction of sp³-hybridized carbons (Fsp3) is 0.111. The molecule has 0 radical (unpaired) electrons. The molecule has 0 N–H and O–H groups in total. The molecule has 0 atom stereocenters. The highest BCUT2D eigenvalue weighted by Gasteiger charge is 2.13. The van der Waals surface area contributed by atoms with E-state index in [1.54, 1.807) is 6.20 Å². The van der Waals surface area contributed by atoms with Gasteiger partial charge in [0, 0.05) is 6.20 Å². The predicted octanol–water partition coefficient (Wildman–Crippen LogP) is 2.25. The Kier molecular flexibility index (Phi) is 2.69. The van der Waals surface area contributed by atoms with Gasteiger partial charge in [-0.25, -0.2) is 4.98 Å². The van der Waals surface area contributed by atoms with Gasteiger partial charge in [0.05, 0.1) is 4.47 Å². The number of hydrogen-bond donors (Lipinski definition) is 0. The lowest BCUT2D eigenvalue weighted by Gasteiger charge is -2.04. The number of aryl methyl sites for hydroxylation is 1. The molecule has 2 rings (SSSR count). The quantitative estimate of drug-likeness (QED) is 0.625. The summed E-state index contributed by atoms with van der Waals surface area (Å²) >= 11 is 3.38. The minimum absolute atomic E-state index is 0.199. The molecular weight excluding hydrogens is 276 g/mol. The fourth-order valence-corrected chi connectivity index (χ4v) is 1.67. The van der Waals surface area contributed by atoms with Gasteiger partial charge in [-0.2, -0.15) is 0 Å². The molecule has 6 nitrogen and oxygen atoms in total. The number of aromatic nitrogens is 3. The second-order valence-electron chi connectivity index (χ2n) is 3.16. The van der Waals surface area contributed by atoms with E-state index >= 15 is 0 Å². The van der Waals surface area contributed by atoms with Gasteiger partial charge in [-0.05, 0) is 44.4 Å². The molecule has 0 fully saturated rings. The first-order chi connectivity index (χ1) is 7.59. The molecule has 0 aliphatic carbocycles. The Balaban J connectivity index is 2.50. The Morgan fingerprint density at radius 1 is 1.50 bits per heavy atom. The minimum atomic E-state index is -0.541. The maximum Gasteiger partial charge on any atom is 0.381 e. The maximum atomic E-state index is 10.5. The van der Waals surface area contributed by atoms with Crippen molar-refractivity contribution in [3.8, 4) is 5.82 Å². The lowest BCUT2D eigenvalue weighted by atomic mass is 10.3. The number of hydrogen-bond acceptors (Lipinski definition) is 4. The summed E-state index contributed by atoms with van der Waals surface area (Å²) in [7, 11) is 0. The predicted molar refractivity (Wildman–Crippen MR) is 60.5 cm³/mol. The molecule has 2 aromatic rings. The largest absolute Gasteiger partial charge is 0.381 e. The van der Waals surface area contributed by atoms with E-state index < -0.39 is 4.92 Å². The smallest absolute Gasteiger partial charge is 0.358 e. The van der Waals surface area contributed by atoms with E-state index in [2.05, 4.69) is 25.9 Å². The van der Waals surface area contributed by atoms with Gasteiger partial charge in [0.15, 0.2) is 5.82 Å². The number of nitro groups is 1. The SMILES string of the molecule is Cc1ccnc(-n2cnc([N+](=O)[O-])c2)c1Br. The van der Waals surface area contributed by atoms with Gasteiger partial charge < -0.3 is 10.1 Å². The van der Waals surface area contributed by atoms with Crippen LogP contribution in [0.4, 0.5) is 5.82 Å². The van der Waals surface area contributed by atoms with E-state index in [0.29, 0.717) is 5.82 Å². The second kappa shape index (κ2) is 4.01. The zero-order chi connectivity index (χ0) is 11.7. The summed E-state index contributed by atoms with van der Waals surface area (Å²) in [5.41, 5.74) is 1.00. The van der Waals surface area contributed by atoms with E-state index in [4.69, 9.17) is 0 Å². The Labute approximate surface area is 99.2 Å². The molecule has 0 aliphatic rings. The lowest BCUT2D eigenvalue weighted by molar-refractivity contribution is -0.389. The molecule has 82 valence electrons. The van der Waals surface area contributed by atoms with Crippen molar-refractivity contribution >= 4 is 21.7 Å². The maximum absolute atomic E-state index is 10.5. The van der Waals surface area contributed by atoms with Crippen LogP contribution >= 0.6 is 15.9 Å². The van der Waals surface area contributed by atoms with Crippen molar-refractivity contribution in [3.05, 3.63) is 44.9 Å². The number of rotatable bonds is 2. The van der Waals surface area contributed by atoms with Crippen molar-refractivity contribution in [2.45, 2.75) is 6.92 Å². The van der Waals surface area contributed by atoms with Crippen molar-refractivity contribution in [1.82, 2.24) is 14.5 Å². The first-order valence-corrected chi connectivity index (χ1v) is 5.19. The Hall–Kier alpha value is -1.76. The summed E-state index contributed by atoms with van der Waals surface area (Å²) < 4.78 is 2.30. The van der Waals surface area contributed by atoms with Crippen molar-refractivity contribution in [1.29, 1.82) is 0 Å². The molecule has 0 saturated carbocycles. The van der Waals surface area contributed by atoms with E-state index in [-0.39, 0.29) is 5.82 Å². The molecule has 0 bridgehead atoms. The second-order valence-corrected chi connectivity index (χ2v) is 3.95. The van der Waals surface area contributed by atoms with Crippen LogP contribution in [0.2, 0.25) is 0 Å². The van der Waals surface area contributed by atoms with Crippen LogP contribution in [0.1, 0.15) is 5.56 Å². The number of halogens is 1. The highest BCUT2D eigenvalue weighted by molar-refractivity contribution is 9.10. The summed E-state index contributed by atoms with van der Waals surface area (Å²) in [6, 6.07) is 1.85. The van der Waals surface area contributed by atoms with E-state index in [1.165, 1.54) is 17.1 Å². The molecule has 0 saturated heterocycles. The van der Waals surface area contributed by atoms with Gasteiger partial charge in [-0.3, -0.25) is 4.57 Å². The highest BCUT2D eigenvalue weighted by Crippen LogP contribution is 2.23. The summed E-state index contributed by atoms with van der Waals surface area (Å²) in [6.07, 6.45) is 4.33. The van der Waals surface area contributed by atoms with Crippen molar-refractivity contribution in [2.75, 3.05) is 0 Å². The van der Waals surface area contributed by atoms with E-state index in [9.17, 15) is 10.1 Å². The fourth-order valence-electron chi connectivity index (χ4n) is 1.23. The minimum Gasteiger partial charge on any atom is -0.358 e. The molecule has 0 spiro atoms. The molecule has 0 amide bonds. The Morgan fingerprint density at radius 3 is 2.88 bits per heavy atom. The average molecular weight is 283 g/mol. The van der Waals surface area contributed by atoms with Crippen LogP contribution in [0, 0.1) is 17.0 Å². The van der Waals surface area contributed by atoms with Crippen LogP contribution in [-0.4, -0.2) is 19.5 Å². The van der Waals surface area contributed by atoms with Crippen LogP contribution in [0.15, 0.2) is 29.3 Å². The molecular formula is C9H7BrN4O2. The average Bonchev–Trinajstić information content (AvgIpc) is 2.71. The third kappa shape index (κ3) is 1.81. The van der Waals surface area contributed by atoms with Crippen molar-refractivity contribution in [3.63, 3.8) is 0 Å².